The number of ether oxygens (including phenoxy) is 1. The fourth-order valence-electron chi connectivity index (χ4n) is 2.79. The zero-order valence-corrected chi connectivity index (χ0v) is 12.4. The van der Waals surface area contributed by atoms with Crippen LogP contribution < -0.4 is 4.90 Å². The molecule has 2 aliphatic rings. The molecular weight excluding hydrogens is 274 g/mol. The maximum atomic E-state index is 12.3. The molecule has 4 nitrogen and oxygen atoms in total. The summed E-state index contributed by atoms with van der Waals surface area (Å²) in [4.78, 5) is 15.4. The van der Waals surface area contributed by atoms with Gasteiger partial charge in [-0.25, -0.2) is 0 Å². The zero-order chi connectivity index (χ0) is 14.1. The average molecular weight is 293 g/mol. The first kappa shape index (κ1) is 13.9. The van der Waals surface area contributed by atoms with E-state index < -0.39 is 6.10 Å². The van der Waals surface area contributed by atoms with Crippen LogP contribution in [0.25, 0.3) is 0 Å². The minimum absolute atomic E-state index is 0.164. The maximum Gasteiger partial charge on any atom is 0.237 e. The van der Waals surface area contributed by atoms with Gasteiger partial charge in [-0.05, 0) is 37.5 Å². The van der Waals surface area contributed by atoms with Gasteiger partial charge in [0.05, 0.1) is 17.5 Å². The molecule has 1 aromatic rings. The fourth-order valence-corrected chi connectivity index (χ4v) is 3.68. The molecule has 1 N–H and O–H groups in total. The quantitative estimate of drug-likeness (QED) is 0.909. The largest absolute Gasteiger partial charge is 0.389 e. The van der Waals surface area contributed by atoms with Crippen LogP contribution in [0, 0.1) is 0 Å². The molecule has 5 heteroatoms. The van der Waals surface area contributed by atoms with Gasteiger partial charge >= 0.3 is 0 Å². The maximum absolute atomic E-state index is 12.3. The Bertz CT molecular complexity index is 512. The normalized spacial score (nSPS) is 21.7. The molecule has 0 aliphatic carbocycles. The highest BCUT2D eigenvalue weighted by molar-refractivity contribution is 8.00. The van der Waals surface area contributed by atoms with Crippen molar-refractivity contribution in [2.75, 3.05) is 23.9 Å². The SMILES string of the molecule is CC(O)c1ccc2c(c1)N(C1CCOCC1)C(=O)CS2. The van der Waals surface area contributed by atoms with Crippen molar-refractivity contribution in [2.24, 2.45) is 0 Å². The van der Waals surface area contributed by atoms with E-state index in [0.717, 1.165) is 29.0 Å². The van der Waals surface area contributed by atoms with Crippen LogP contribution in [-0.2, 0) is 9.53 Å². The lowest BCUT2D eigenvalue weighted by Gasteiger charge is -2.38. The van der Waals surface area contributed by atoms with Crippen LogP contribution in [0.3, 0.4) is 0 Å². The fraction of sp³-hybridized carbons (Fsp3) is 0.533. The lowest BCUT2D eigenvalue weighted by atomic mass is 10.0. The van der Waals surface area contributed by atoms with Crippen molar-refractivity contribution in [3.8, 4) is 0 Å². The molecule has 2 aliphatic heterocycles. The number of amides is 1. The second-order valence-electron chi connectivity index (χ2n) is 5.30. The van der Waals surface area contributed by atoms with Gasteiger partial charge in [0.25, 0.3) is 0 Å². The second-order valence-corrected chi connectivity index (χ2v) is 6.32. The van der Waals surface area contributed by atoms with E-state index in [0.29, 0.717) is 19.0 Å². The van der Waals surface area contributed by atoms with Crippen molar-refractivity contribution in [3.63, 3.8) is 0 Å². The Balaban J connectivity index is 1.98. The summed E-state index contributed by atoms with van der Waals surface area (Å²) in [7, 11) is 0. The minimum atomic E-state index is -0.515. The summed E-state index contributed by atoms with van der Waals surface area (Å²) in [5.41, 5.74) is 1.81. The van der Waals surface area contributed by atoms with Crippen molar-refractivity contribution in [1.82, 2.24) is 0 Å². The van der Waals surface area contributed by atoms with Crippen LogP contribution in [0.2, 0.25) is 0 Å². The van der Waals surface area contributed by atoms with Crippen LogP contribution >= 0.6 is 11.8 Å². The summed E-state index contributed by atoms with van der Waals surface area (Å²) < 4.78 is 5.39. The number of aliphatic hydroxyl groups is 1. The number of hydrogen-bond donors (Lipinski definition) is 1. The van der Waals surface area contributed by atoms with Crippen molar-refractivity contribution in [2.45, 2.75) is 36.8 Å². The molecule has 108 valence electrons. The van der Waals surface area contributed by atoms with Gasteiger partial charge in [-0.3, -0.25) is 4.79 Å². The van der Waals surface area contributed by atoms with Crippen LogP contribution in [0.4, 0.5) is 5.69 Å². The molecule has 0 spiro atoms. The van der Waals surface area contributed by atoms with Gasteiger partial charge in [-0.15, -0.1) is 11.8 Å². The lowest BCUT2D eigenvalue weighted by molar-refractivity contribution is -0.117. The van der Waals surface area contributed by atoms with Crippen molar-refractivity contribution in [3.05, 3.63) is 23.8 Å². The Morgan fingerprint density at radius 2 is 2.15 bits per heavy atom. The third-order valence-corrected chi connectivity index (χ3v) is 4.95. The van der Waals surface area contributed by atoms with Crippen LogP contribution in [0.5, 0.6) is 0 Å². The van der Waals surface area contributed by atoms with E-state index in [1.54, 1.807) is 18.7 Å². The number of carbonyl (C=O) groups excluding carboxylic acids is 1. The molecule has 1 atom stereocenters. The number of benzene rings is 1. The number of fused-ring (bicyclic) bond motifs is 1. The van der Waals surface area contributed by atoms with Crippen LogP contribution in [0.1, 0.15) is 31.4 Å². The molecule has 20 heavy (non-hydrogen) atoms. The van der Waals surface area contributed by atoms with Crippen molar-refractivity contribution >= 4 is 23.4 Å². The molecular formula is C15H19NO3S. The Hall–Kier alpha value is -1.04. The average Bonchev–Trinajstić information content (AvgIpc) is 2.47. The van der Waals surface area contributed by atoms with E-state index in [4.69, 9.17) is 4.74 Å². The summed E-state index contributed by atoms with van der Waals surface area (Å²) in [6.07, 6.45) is 1.25. The lowest BCUT2D eigenvalue weighted by Crippen LogP contribution is -2.46. The van der Waals surface area contributed by atoms with Crippen LogP contribution in [-0.4, -0.2) is 36.0 Å². The first-order valence-electron chi connectivity index (χ1n) is 7.01. The number of hydrogen-bond acceptors (Lipinski definition) is 4. The summed E-state index contributed by atoms with van der Waals surface area (Å²) in [5, 5.41) is 9.76. The van der Waals surface area contributed by atoms with Crippen molar-refractivity contribution in [1.29, 1.82) is 0 Å². The summed E-state index contributed by atoms with van der Waals surface area (Å²) in [6, 6.07) is 6.13. The first-order chi connectivity index (χ1) is 9.66. The highest BCUT2D eigenvalue weighted by Gasteiger charge is 2.32. The van der Waals surface area contributed by atoms with E-state index in [1.165, 1.54) is 0 Å². The van der Waals surface area contributed by atoms with Gasteiger partial charge in [0.1, 0.15) is 0 Å². The molecule has 1 unspecified atom stereocenters. The Labute approximate surface area is 123 Å². The highest BCUT2D eigenvalue weighted by atomic mass is 32.2. The summed E-state index contributed by atoms with van der Waals surface area (Å²) in [6.45, 7) is 3.18. The number of rotatable bonds is 2. The zero-order valence-electron chi connectivity index (χ0n) is 11.5. The van der Waals surface area contributed by atoms with E-state index in [1.807, 2.05) is 23.1 Å². The topological polar surface area (TPSA) is 49.8 Å². The molecule has 3 rings (SSSR count). The molecule has 0 radical (unpaired) electrons. The molecule has 1 fully saturated rings. The molecule has 0 bridgehead atoms. The Kier molecular flexibility index (Phi) is 4.01. The number of anilines is 1. The summed E-state index contributed by atoms with van der Waals surface area (Å²) >= 11 is 1.58. The highest BCUT2D eigenvalue weighted by Crippen LogP contribution is 2.39. The van der Waals surface area contributed by atoms with Gasteiger partial charge in [-0.2, -0.15) is 0 Å². The molecule has 1 aromatic carbocycles. The summed E-state index contributed by atoms with van der Waals surface area (Å²) in [5.74, 6) is 0.662. The molecule has 0 saturated carbocycles. The number of thioether (sulfide) groups is 1. The third-order valence-electron chi connectivity index (χ3n) is 3.90. The number of aliphatic hydroxyl groups excluding tert-OH is 1. The second kappa shape index (κ2) is 5.76. The van der Waals surface area contributed by atoms with Crippen molar-refractivity contribution < 1.29 is 14.6 Å². The van der Waals surface area contributed by atoms with E-state index in [9.17, 15) is 9.90 Å². The van der Waals surface area contributed by atoms with E-state index in [-0.39, 0.29) is 11.9 Å². The van der Waals surface area contributed by atoms with Gasteiger partial charge in [0, 0.05) is 24.2 Å². The molecule has 2 heterocycles. The predicted octanol–water partition coefficient (Wildman–Crippen LogP) is 2.36. The van der Waals surface area contributed by atoms with E-state index >= 15 is 0 Å². The first-order valence-corrected chi connectivity index (χ1v) is 8.00. The third kappa shape index (κ3) is 2.57. The standard InChI is InChI=1S/C15H19NO3S/c1-10(17)11-2-3-14-13(8-11)16(15(18)9-20-14)12-4-6-19-7-5-12/h2-3,8,10,12,17H,4-7,9H2,1H3. The minimum Gasteiger partial charge on any atom is -0.389 e. The molecule has 1 saturated heterocycles. The molecule has 1 amide bonds. The van der Waals surface area contributed by atoms with Gasteiger partial charge in [0.15, 0.2) is 0 Å². The van der Waals surface area contributed by atoms with E-state index in [2.05, 4.69) is 0 Å². The number of nitrogens with zero attached hydrogens (tertiary/aromatic N) is 1. The van der Waals surface area contributed by atoms with Crippen LogP contribution in [0.15, 0.2) is 23.1 Å². The molecule has 0 aromatic heterocycles. The smallest absolute Gasteiger partial charge is 0.237 e. The van der Waals surface area contributed by atoms with Gasteiger partial charge in [0.2, 0.25) is 5.91 Å². The van der Waals surface area contributed by atoms with Gasteiger partial charge < -0.3 is 14.7 Å². The predicted molar refractivity (Wildman–Crippen MR) is 79.1 cm³/mol. The Morgan fingerprint density at radius 1 is 1.40 bits per heavy atom. The Morgan fingerprint density at radius 3 is 2.85 bits per heavy atom. The monoisotopic (exact) mass is 293 g/mol. The number of carbonyl (C=O) groups is 1. The van der Waals surface area contributed by atoms with Gasteiger partial charge in [-0.1, -0.05) is 6.07 Å².